The van der Waals surface area contributed by atoms with Crippen molar-refractivity contribution in [3.8, 4) is 11.3 Å². The molecule has 96 valence electrons. The van der Waals surface area contributed by atoms with Crippen LogP contribution >= 0.6 is 11.3 Å². The fraction of sp³-hybridized carbons (Fsp3) is 0.400. The van der Waals surface area contributed by atoms with Gasteiger partial charge in [0, 0.05) is 18.0 Å². The maximum absolute atomic E-state index is 4.59. The van der Waals surface area contributed by atoms with Crippen LogP contribution in [0.2, 0.25) is 0 Å². The number of thiazole rings is 1. The molecule has 0 unspecified atom stereocenters. The third kappa shape index (κ3) is 2.56. The van der Waals surface area contributed by atoms with Gasteiger partial charge in [0.05, 0.1) is 5.69 Å². The van der Waals surface area contributed by atoms with E-state index in [0.29, 0.717) is 0 Å². The van der Waals surface area contributed by atoms with Crippen molar-refractivity contribution in [1.82, 2.24) is 4.98 Å². The van der Waals surface area contributed by atoms with Gasteiger partial charge in [-0.05, 0) is 29.5 Å². The summed E-state index contributed by atoms with van der Waals surface area (Å²) in [6.45, 7) is 8.85. The number of aryl methyl sites for hydroxylation is 1. The molecule has 0 bridgehead atoms. The van der Waals surface area contributed by atoms with Crippen molar-refractivity contribution in [2.24, 2.45) is 0 Å². The molecule has 3 heteroatoms. The van der Waals surface area contributed by atoms with E-state index in [1.807, 2.05) is 7.05 Å². The molecule has 1 heterocycles. The Morgan fingerprint density at radius 1 is 1.22 bits per heavy atom. The summed E-state index contributed by atoms with van der Waals surface area (Å²) in [7, 11) is 1.90. The van der Waals surface area contributed by atoms with Gasteiger partial charge in [-0.1, -0.05) is 32.9 Å². The van der Waals surface area contributed by atoms with Gasteiger partial charge in [0.2, 0.25) is 0 Å². The molecular formula is C15H20N2S. The maximum atomic E-state index is 4.59. The van der Waals surface area contributed by atoms with Crippen molar-refractivity contribution in [2.45, 2.75) is 33.1 Å². The van der Waals surface area contributed by atoms with E-state index in [1.54, 1.807) is 11.3 Å². The minimum Gasteiger partial charge on any atom is -0.365 e. The van der Waals surface area contributed by atoms with E-state index in [4.69, 9.17) is 0 Å². The van der Waals surface area contributed by atoms with Crippen molar-refractivity contribution in [3.63, 3.8) is 0 Å². The van der Waals surface area contributed by atoms with Crippen molar-refractivity contribution >= 4 is 16.5 Å². The molecule has 0 radical (unpaired) electrons. The molecule has 1 N–H and O–H groups in total. The van der Waals surface area contributed by atoms with E-state index in [0.717, 1.165) is 10.8 Å². The average molecular weight is 260 g/mol. The third-order valence-corrected chi connectivity index (χ3v) is 3.96. The van der Waals surface area contributed by atoms with Crippen LogP contribution in [0.5, 0.6) is 0 Å². The summed E-state index contributed by atoms with van der Waals surface area (Å²) in [5.74, 6) is 0. The lowest BCUT2D eigenvalue weighted by Crippen LogP contribution is -2.11. The quantitative estimate of drug-likeness (QED) is 0.862. The predicted octanol–water partition coefficient (Wildman–Crippen LogP) is 4.46. The molecular weight excluding hydrogens is 240 g/mol. The Morgan fingerprint density at radius 2 is 1.94 bits per heavy atom. The first-order valence-electron chi connectivity index (χ1n) is 6.16. The summed E-state index contributed by atoms with van der Waals surface area (Å²) < 4.78 is 0. The van der Waals surface area contributed by atoms with Gasteiger partial charge in [-0.2, -0.15) is 0 Å². The monoisotopic (exact) mass is 260 g/mol. The van der Waals surface area contributed by atoms with Gasteiger partial charge in [-0.25, -0.2) is 4.98 Å². The van der Waals surface area contributed by atoms with Crippen LogP contribution in [0.3, 0.4) is 0 Å². The first-order valence-corrected chi connectivity index (χ1v) is 7.04. The second-order valence-electron chi connectivity index (χ2n) is 5.57. The zero-order valence-electron chi connectivity index (χ0n) is 11.7. The number of anilines is 1. The van der Waals surface area contributed by atoms with Crippen LogP contribution in [-0.2, 0) is 5.41 Å². The van der Waals surface area contributed by atoms with E-state index in [1.165, 1.54) is 16.7 Å². The third-order valence-electron chi connectivity index (χ3n) is 3.10. The topological polar surface area (TPSA) is 24.9 Å². The van der Waals surface area contributed by atoms with Crippen LogP contribution in [0.4, 0.5) is 5.13 Å². The highest BCUT2D eigenvalue weighted by Crippen LogP contribution is 2.31. The van der Waals surface area contributed by atoms with E-state index >= 15 is 0 Å². The Labute approximate surface area is 113 Å². The minimum absolute atomic E-state index is 0.171. The van der Waals surface area contributed by atoms with Gasteiger partial charge in [0.15, 0.2) is 5.13 Å². The lowest BCUT2D eigenvalue weighted by atomic mass is 9.85. The molecule has 18 heavy (non-hydrogen) atoms. The average Bonchev–Trinajstić information content (AvgIpc) is 2.76. The molecule has 0 aliphatic carbocycles. The largest absolute Gasteiger partial charge is 0.365 e. The van der Waals surface area contributed by atoms with Crippen LogP contribution in [-0.4, -0.2) is 12.0 Å². The summed E-state index contributed by atoms with van der Waals surface area (Å²) in [6.07, 6.45) is 0. The van der Waals surface area contributed by atoms with Gasteiger partial charge in [0.1, 0.15) is 0 Å². The fourth-order valence-corrected chi connectivity index (χ4v) is 2.55. The van der Waals surface area contributed by atoms with Crippen molar-refractivity contribution < 1.29 is 0 Å². The fourth-order valence-electron chi connectivity index (χ4n) is 1.88. The number of nitrogens with one attached hydrogen (secondary N) is 1. The molecule has 1 aromatic heterocycles. The molecule has 2 aromatic rings. The molecule has 1 aromatic carbocycles. The number of rotatable bonds is 2. The highest BCUT2D eigenvalue weighted by molar-refractivity contribution is 7.14. The van der Waals surface area contributed by atoms with Crippen molar-refractivity contribution in [1.29, 1.82) is 0 Å². The smallest absolute Gasteiger partial charge is 0.182 e. The minimum atomic E-state index is 0.171. The molecule has 0 saturated carbocycles. The standard InChI is InChI=1S/C15H20N2S/c1-10-6-7-11(15(2,3)4)8-12(10)13-9-18-14(16-5)17-13/h6-9H,1-5H3,(H,16,17). The predicted molar refractivity (Wildman–Crippen MR) is 80.5 cm³/mol. The van der Waals surface area contributed by atoms with E-state index in [-0.39, 0.29) is 5.41 Å². The lowest BCUT2D eigenvalue weighted by molar-refractivity contribution is 0.590. The Kier molecular flexibility index (Phi) is 3.44. The van der Waals surface area contributed by atoms with Crippen molar-refractivity contribution in [2.75, 3.05) is 12.4 Å². The summed E-state index contributed by atoms with van der Waals surface area (Å²) in [4.78, 5) is 4.59. The number of aromatic nitrogens is 1. The molecule has 0 aliphatic rings. The molecule has 0 saturated heterocycles. The van der Waals surface area contributed by atoms with Gasteiger partial charge < -0.3 is 5.32 Å². The van der Waals surface area contributed by atoms with Crippen molar-refractivity contribution in [3.05, 3.63) is 34.7 Å². The first kappa shape index (κ1) is 13.1. The van der Waals surface area contributed by atoms with Crippen LogP contribution in [0, 0.1) is 6.92 Å². The van der Waals surface area contributed by atoms with E-state index in [9.17, 15) is 0 Å². The van der Waals surface area contributed by atoms with Crippen LogP contribution in [0.25, 0.3) is 11.3 Å². The number of hydrogen-bond acceptors (Lipinski definition) is 3. The summed E-state index contributed by atoms with van der Waals surface area (Å²) in [5.41, 5.74) is 5.09. The Balaban J connectivity index is 2.49. The summed E-state index contributed by atoms with van der Waals surface area (Å²) in [5, 5.41) is 6.16. The Hall–Kier alpha value is -1.35. The number of nitrogens with zero attached hydrogens (tertiary/aromatic N) is 1. The maximum Gasteiger partial charge on any atom is 0.182 e. The normalized spacial score (nSPS) is 11.6. The van der Waals surface area contributed by atoms with Gasteiger partial charge in [0.25, 0.3) is 0 Å². The van der Waals surface area contributed by atoms with Gasteiger partial charge in [-0.15, -0.1) is 11.3 Å². The highest BCUT2D eigenvalue weighted by atomic mass is 32.1. The Morgan fingerprint density at radius 3 is 2.50 bits per heavy atom. The van der Waals surface area contributed by atoms with Gasteiger partial charge in [-0.3, -0.25) is 0 Å². The first-order chi connectivity index (χ1) is 8.41. The highest BCUT2D eigenvalue weighted by Gasteiger charge is 2.16. The molecule has 0 fully saturated rings. The van der Waals surface area contributed by atoms with Crippen LogP contribution in [0.15, 0.2) is 23.6 Å². The van der Waals surface area contributed by atoms with Crippen LogP contribution < -0.4 is 5.32 Å². The number of hydrogen-bond donors (Lipinski definition) is 1. The molecule has 2 nitrogen and oxygen atoms in total. The zero-order chi connectivity index (χ0) is 13.3. The number of benzene rings is 1. The summed E-state index contributed by atoms with van der Waals surface area (Å²) in [6, 6.07) is 6.67. The van der Waals surface area contributed by atoms with E-state index in [2.05, 4.69) is 61.6 Å². The second-order valence-corrected chi connectivity index (χ2v) is 6.43. The molecule has 0 aliphatic heterocycles. The van der Waals surface area contributed by atoms with Crippen LogP contribution in [0.1, 0.15) is 31.9 Å². The molecule has 0 atom stereocenters. The SMILES string of the molecule is CNc1nc(-c2cc(C(C)(C)C)ccc2C)cs1. The molecule has 2 rings (SSSR count). The second kappa shape index (κ2) is 4.73. The molecule has 0 amide bonds. The van der Waals surface area contributed by atoms with Gasteiger partial charge >= 0.3 is 0 Å². The van der Waals surface area contributed by atoms with E-state index < -0.39 is 0 Å². The lowest BCUT2D eigenvalue weighted by Gasteiger charge is -2.20. The zero-order valence-corrected chi connectivity index (χ0v) is 12.5. The molecule has 0 spiro atoms. The summed E-state index contributed by atoms with van der Waals surface area (Å²) >= 11 is 1.64. The Bertz CT molecular complexity index is 550.